The fourth-order valence-electron chi connectivity index (χ4n) is 4.49. The quantitative estimate of drug-likeness (QED) is 0.589. The monoisotopic (exact) mass is 426 g/mol. The van der Waals surface area contributed by atoms with Gasteiger partial charge in [-0.15, -0.1) is 12.1 Å². The van der Waals surface area contributed by atoms with E-state index in [1.165, 1.54) is 38.9 Å². The third kappa shape index (κ3) is 7.12. The number of fused-ring (bicyclic) bond motifs is 2. The van der Waals surface area contributed by atoms with Crippen LogP contribution in [0.3, 0.4) is 0 Å². The van der Waals surface area contributed by atoms with Gasteiger partial charge in [-0.1, -0.05) is 26.7 Å². The molecule has 2 rings (SSSR count). The third-order valence-corrected chi connectivity index (χ3v) is 6.32. The molecule has 1 radical (unpaired) electrons. The molecule has 0 aromatic heterocycles. The van der Waals surface area contributed by atoms with E-state index in [-0.39, 0.29) is 43.8 Å². The van der Waals surface area contributed by atoms with E-state index in [0.29, 0.717) is 12.1 Å². The first-order valence-corrected chi connectivity index (χ1v) is 9.99. The van der Waals surface area contributed by atoms with Gasteiger partial charge in [-0.3, -0.25) is 9.80 Å². The van der Waals surface area contributed by atoms with E-state index in [4.69, 9.17) is 5.32 Å². The summed E-state index contributed by atoms with van der Waals surface area (Å²) in [7, 11) is 2.30. The van der Waals surface area contributed by atoms with Crippen LogP contribution < -0.4 is 0 Å². The maximum Gasteiger partial charge on any atom is 0.0511 e. The van der Waals surface area contributed by atoms with E-state index in [9.17, 15) is 0 Å². The van der Waals surface area contributed by atoms with Crippen molar-refractivity contribution in [3.8, 4) is 0 Å². The molecule has 2 saturated heterocycles. The zero-order valence-corrected chi connectivity index (χ0v) is 20.7. The normalized spacial score (nSPS) is 37.6. The molecule has 2 fully saturated rings. The molecule has 0 saturated carbocycles. The molecule has 0 aromatic rings. The Morgan fingerprint density at radius 1 is 0.840 bits per heavy atom. The molecule has 0 amide bonds. The number of rotatable bonds is 0. The van der Waals surface area contributed by atoms with E-state index in [2.05, 4.69) is 63.3 Å². The predicted molar refractivity (Wildman–Crippen MR) is 105 cm³/mol. The molecule has 4 unspecified atom stereocenters. The van der Waals surface area contributed by atoms with E-state index < -0.39 is 0 Å². The van der Waals surface area contributed by atoms with Crippen molar-refractivity contribution in [1.29, 1.82) is 0 Å². The molecule has 2 aliphatic heterocycles. The smallest absolute Gasteiger partial charge is 0.0511 e. The largest absolute Gasteiger partial charge is 0.657 e. The Morgan fingerprint density at radius 3 is 2.04 bits per heavy atom. The number of hydrogen-bond acceptors (Lipinski definition) is 3. The van der Waals surface area contributed by atoms with Gasteiger partial charge in [0.1, 0.15) is 0 Å². The molecular formula is C20H41N4Y-. The van der Waals surface area contributed by atoms with E-state index >= 15 is 0 Å². The second kappa shape index (κ2) is 9.93. The molecule has 4 nitrogen and oxygen atoms in total. The van der Waals surface area contributed by atoms with Crippen LogP contribution in [0.15, 0.2) is 0 Å². The first-order chi connectivity index (χ1) is 11.1. The molecule has 0 N–H and O–H groups in total. The van der Waals surface area contributed by atoms with Gasteiger partial charge in [-0.05, 0) is 60.7 Å². The summed E-state index contributed by atoms with van der Waals surface area (Å²) in [6.07, 6.45) is 4.83. The van der Waals surface area contributed by atoms with Gasteiger partial charge in [-0.25, -0.2) is 0 Å². The average molecular weight is 426 g/mol. The molecular weight excluding hydrogens is 385 g/mol. The first-order valence-electron chi connectivity index (χ1n) is 9.99. The molecule has 0 aliphatic carbocycles. The maximum absolute atomic E-state index is 5.00. The van der Waals surface area contributed by atoms with Crippen molar-refractivity contribution in [2.75, 3.05) is 39.9 Å². The standard InChI is InChI=1S/C20H41N4.Y/c1-17-14-19(3,4)21-10-8-12-23-16-24(17)13-9-11-22(7)20(5,6)15-18(23)2;/h17-18H,8-16H2,1-7H3;/q-1;. The second-order valence-corrected chi connectivity index (χ2v) is 9.51. The average Bonchev–Trinajstić information content (AvgIpc) is 2.45. The van der Waals surface area contributed by atoms with E-state index in [0.717, 1.165) is 19.6 Å². The Kier molecular flexibility index (Phi) is 9.53. The van der Waals surface area contributed by atoms with E-state index in [1.807, 2.05) is 0 Å². The van der Waals surface area contributed by atoms with Gasteiger partial charge in [0.2, 0.25) is 0 Å². The van der Waals surface area contributed by atoms with Crippen molar-refractivity contribution in [3.05, 3.63) is 5.32 Å². The Morgan fingerprint density at radius 2 is 1.40 bits per heavy atom. The minimum absolute atomic E-state index is 0. The van der Waals surface area contributed by atoms with Crippen molar-refractivity contribution in [1.82, 2.24) is 14.7 Å². The first kappa shape index (κ1) is 24.0. The molecule has 2 bridgehead atoms. The zero-order valence-electron chi connectivity index (χ0n) is 17.9. The van der Waals surface area contributed by atoms with Crippen LogP contribution in [0.4, 0.5) is 0 Å². The molecule has 2 heterocycles. The number of hydrogen-bond donors (Lipinski definition) is 0. The SMILES string of the molecule is CC1CC(C)(C)[N-]CCCN2CN1CCCN(C)C(C)(C)CC2C.[Y]. The summed E-state index contributed by atoms with van der Waals surface area (Å²) in [5.74, 6) is 0. The molecule has 145 valence electrons. The summed E-state index contributed by atoms with van der Waals surface area (Å²) in [4.78, 5) is 8.00. The fraction of sp³-hybridized carbons (Fsp3) is 1.00. The maximum atomic E-state index is 5.00. The van der Waals surface area contributed by atoms with Crippen LogP contribution in [-0.2, 0) is 32.7 Å². The van der Waals surface area contributed by atoms with Gasteiger partial charge in [0.05, 0.1) is 6.67 Å². The van der Waals surface area contributed by atoms with Crippen molar-refractivity contribution >= 4 is 0 Å². The van der Waals surface area contributed by atoms with Gasteiger partial charge in [0.25, 0.3) is 0 Å². The molecule has 4 atom stereocenters. The zero-order chi connectivity index (χ0) is 18.0. The van der Waals surface area contributed by atoms with Gasteiger partial charge >= 0.3 is 0 Å². The van der Waals surface area contributed by atoms with Crippen LogP contribution in [0.5, 0.6) is 0 Å². The molecule has 0 aromatic carbocycles. The van der Waals surface area contributed by atoms with Gasteiger partial charge in [0.15, 0.2) is 0 Å². The summed E-state index contributed by atoms with van der Waals surface area (Å²) < 4.78 is 0. The Bertz CT molecular complexity index is 399. The van der Waals surface area contributed by atoms with Crippen LogP contribution >= 0.6 is 0 Å². The third-order valence-electron chi connectivity index (χ3n) is 6.32. The van der Waals surface area contributed by atoms with Crippen LogP contribution in [0.2, 0.25) is 0 Å². The van der Waals surface area contributed by atoms with Crippen LogP contribution in [0.1, 0.15) is 67.2 Å². The van der Waals surface area contributed by atoms with Crippen molar-refractivity contribution in [2.24, 2.45) is 0 Å². The minimum Gasteiger partial charge on any atom is -0.657 e. The van der Waals surface area contributed by atoms with Gasteiger partial charge in [-0.2, -0.15) is 0 Å². The van der Waals surface area contributed by atoms with Gasteiger partial charge < -0.3 is 10.2 Å². The Balaban J connectivity index is 0.00000312. The van der Waals surface area contributed by atoms with Crippen molar-refractivity contribution in [2.45, 2.75) is 90.4 Å². The Labute approximate surface area is 182 Å². The molecule has 0 spiro atoms. The summed E-state index contributed by atoms with van der Waals surface area (Å²) in [5.41, 5.74) is 0.385. The summed E-state index contributed by atoms with van der Waals surface area (Å²) >= 11 is 0. The van der Waals surface area contributed by atoms with E-state index in [1.54, 1.807) is 0 Å². The summed E-state index contributed by atoms with van der Waals surface area (Å²) in [5, 5.41) is 5.00. The van der Waals surface area contributed by atoms with Crippen LogP contribution in [0.25, 0.3) is 5.32 Å². The van der Waals surface area contributed by atoms with Gasteiger partial charge in [0, 0.05) is 56.9 Å². The number of nitrogens with zero attached hydrogens (tertiary/aromatic N) is 4. The second-order valence-electron chi connectivity index (χ2n) is 9.51. The Hall–Kier alpha value is 0.944. The van der Waals surface area contributed by atoms with Crippen molar-refractivity contribution < 1.29 is 32.7 Å². The minimum atomic E-state index is 0. The topological polar surface area (TPSA) is 23.8 Å². The predicted octanol–water partition coefficient (Wildman–Crippen LogP) is 3.77. The summed E-state index contributed by atoms with van der Waals surface area (Å²) in [6, 6.07) is 1.21. The molecule has 5 heteroatoms. The van der Waals surface area contributed by atoms with Crippen molar-refractivity contribution in [3.63, 3.8) is 0 Å². The summed E-state index contributed by atoms with van der Waals surface area (Å²) in [6.45, 7) is 19.9. The van der Waals surface area contributed by atoms with Crippen LogP contribution in [0, 0.1) is 0 Å². The fourth-order valence-corrected chi connectivity index (χ4v) is 4.49. The molecule has 2 aliphatic rings. The molecule has 25 heavy (non-hydrogen) atoms. The van der Waals surface area contributed by atoms with Crippen LogP contribution in [-0.4, -0.2) is 77.8 Å².